The molecule has 0 aliphatic heterocycles. The van der Waals surface area contributed by atoms with Crippen LogP contribution in [0.5, 0.6) is 0 Å². The Labute approximate surface area is 176 Å². The number of fused-ring (bicyclic) bond motifs is 5. The maximum absolute atomic E-state index is 13.7. The van der Waals surface area contributed by atoms with Crippen molar-refractivity contribution in [2.24, 2.45) is 46.3 Å². The van der Waals surface area contributed by atoms with Crippen LogP contribution in [0.4, 0.5) is 0 Å². The fraction of sp³-hybridized carbons (Fsp3) is 0.920. The van der Waals surface area contributed by atoms with Crippen LogP contribution in [-0.4, -0.2) is 30.1 Å². The summed E-state index contributed by atoms with van der Waals surface area (Å²) in [4.78, 5) is 25.3. The maximum Gasteiger partial charge on any atom is 0.305 e. The van der Waals surface area contributed by atoms with Gasteiger partial charge in [-0.05, 0) is 91.8 Å². The first-order chi connectivity index (χ1) is 13.7. The van der Waals surface area contributed by atoms with Gasteiger partial charge in [0.05, 0.1) is 13.2 Å². The van der Waals surface area contributed by atoms with Crippen molar-refractivity contribution in [3.05, 3.63) is 0 Å². The molecule has 0 unspecified atom stereocenters. The second kappa shape index (κ2) is 7.66. The summed E-state index contributed by atoms with van der Waals surface area (Å²) in [5, 5.41) is 10.2. The standard InChI is InChI=1S/C25H40O4/c1-15(5-10-22(28)29-4)19-8-9-20-18-7-6-16-13-17(26)11-12-24(16,2)23(18)21(27)14-25(19,20)3/h15-20,23,26H,5-14H2,1-4H3/t15-,16+,17+,18-,19-,20-,23+,24+,25-/m1/s1. The molecule has 0 spiro atoms. The normalized spacial score (nSPS) is 47.7. The van der Waals surface area contributed by atoms with E-state index in [1.807, 2.05) is 0 Å². The molecule has 164 valence electrons. The number of esters is 1. The molecule has 0 heterocycles. The minimum atomic E-state index is -0.167. The predicted octanol–water partition coefficient (Wildman–Crippen LogP) is 4.77. The van der Waals surface area contributed by atoms with Crippen molar-refractivity contribution in [1.82, 2.24) is 0 Å². The van der Waals surface area contributed by atoms with Crippen molar-refractivity contribution in [3.63, 3.8) is 0 Å². The van der Waals surface area contributed by atoms with Crippen LogP contribution in [0.2, 0.25) is 0 Å². The van der Waals surface area contributed by atoms with E-state index in [2.05, 4.69) is 20.8 Å². The smallest absolute Gasteiger partial charge is 0.305 e. The second-order valence-corrected chi connectivity index (χ2v) is 11.4. The van der Waals surface area contributed by atoms with Crippen LogP contribution in [0.1, 0.15) is 85.0 Å². The Morgan fingerprint density at radius 2 is 1.93 bits per heavy atom. The highest BCUT2D eigenvalue weighted by atomic mass is 16.5. The van der Waals surface area contributed by atoms with Crippen LogP contribution >= 0.6 is 0 Å². The molecule has 29 heavy (non-hydrogen) atoms. The molecule has 0 amide bonds. The van der Waals surface area contributed by atoms with Gasteiger partial charge in [-0.2, -0.15) is 0 Å². The van der Waals surface area contributed by atoms with E-state index in [1.54, 1.807) is 0 Å². The molecule has 0 saturated heterocycles. The number of carbonyl (C=O) groups excluding carboxylic acids is 2. The number of Topliss-reactive ketones (excluding diaryl/α,β-unsaturated/α-hetero) is 1. The lowest BCUT2D eigenvalue weighted by Gasteiger charge is -2.60. The van der Waals surface area contributed by atoms with E-state index in [9.17, 15) is 14.7 Å². The molecule has 4 aliphatic carbocycles. The van der Waals surface area contributed by atoms with Gasteiger partial charge in [0.25, 0.3) is 0 Å². The number of hydrogen-bond acceptors (Lipinski definition) is 4. The summed E-state index contributed by atoms with van der Waals surface area (Å²) in [5.41, 5.74) is 0.181. The number of hydrogen-bond donors (Lipinski definition) is 1. The first-order valence-electron chi connectivity index (χ1n) is 12.0. The molecule has 9 atom stereocenters. The van der Waals surface area contributed by atoms with Crippen LogP contribution in [0.3, 0.4) is 0 Å². The first-order valence-corrected chi connectivity index (χ1v) is 12.0. The van der Waals surface area contributed by atoms with E-state index in [4.69, 9.17) is 4.74 Å². The van der Waals surface area contributed by atoms with E-state index in [-0.39, 0.29) is 28.8 Å². The van der Waals surface area contributed by atoms with Gasteiger partial charge in [0.2, 0.25) is 0 Å². The van der Waals surface area contributed by atoms with Gasteiger partial charge >= 0.3 is 5.97 Å². The second-order valence-electron chi connectivity index (χ2n) is 11.4. The van der Waals surface area contributed by atoms with Crippen molar-refractivity contribution < 1.29 is 19.4 Å². The van der Waals surface area contributed by atoms with Gasteiger partial charge in [0.15, 0.2) is 0 Å². The van der Waals surface area contributed by atoms with E-state index in [0.29, 0.717) is 41.8 Å². The highest BCUT2D eigenvalue weighted by Gasteiger charge is 2.63. The maximum atomic E-state index is 13.7. The zero-order valence-electron chi connectivity index (χ0n) is 18.8. The van der Waals surface area contributed by atoms with E-state index in [1.165, 1.54) is 26.4 Å². The quantitative estimate of drug-likeness (QED) is 0.685. The van der Waals surface area contributed by atoms with Gasteiger partial charge in [0.1, 0.15) is 5.78 Å². The Morgan fingerprint density at radius 3 is 2.66 bits per heavy atom. The van der Waals surface area contributed by atoms with E-state index in [0.717, 1.165) is 38.5 Å². The number of rotatable bonds is 4. The minimum absolute atomic E-state index is 0.0885. The van der Waals surface area contributed by atoms with Gasteiger partial charge in [0, 0.05) is 18.8 Å². The van der Waals surface area contributed by atoms with E-state index < -0.39 is 0 Å². The molecule has 4 rings (SSSR count). The molecule has 0 radical (unpaired) electrons. The van der Waals surface area contributed by atoms with Crippen molar-refractivity contribution in [2.45, 2.75) is 91.1 Å². The largest absolute Gasteiger partial charge is 0.469 e. The lowest BCUT2D eigenvalue weighted by molar-refractivity contribution is -0.162. The first kappa shape index (κ1) is 21.3. The number of carbonyl (C=O) groups is 2. The van der Waals surface area contributed by atoms with Crippen molar-refractivity contribution in [3.8, 4) is 0 Å². The third-order valence-corrected chi connectivity index (χ3v) is 10.1. The highest BCUT2D eigenvalue weighted by molar-refractivity contribution is 5.84. The molecule has 4 aliphatic rings. The molecule has 1 N–H and O–H groups in total. The number of ketones is 1. The topological polar surface area (TPSA) is 63.6 Å². The summed E-state index contributed by atoms with van der Waals surface area (Å²) in [6.07, 6.45) is 9.42. The molecule has 4 fully saturated rings. The lowest BCUT2D eigenvalue weighted by Crippen LogP contribution is -2.57. The van der Waals surface area contributed by atoms with Crippen LogP contribution in [0, 0.1) is 46.3 Å². The van der Waals surface area contributed by atoms with E-state index >= 15 is 0 Å². The van der Waals surface area contributed by atoms with Gasteiger partial charge in [-0.1, -0.05) is 20.8 Å². The van der Waals surface area contributed by atoms with Crippen molar-refractivity contribution in [1.29, 1.82) is 0 Å². The third-order valence-electron chi connectivity index (χ3n) is 10.1. The monoisotopic (exact) mass is 404 g/mol. The highest BCUT2D eigenvalue weighted by Crippen LogP contribution is 2.67. The Bertz CT molecular complexity index is 659. The fourth-order valence-electron chi connectivity index (χ4n) is 8.67. The van der Waals surface area contributed by atoms with Crippen LogP contribution in [0.15, 0.2) is 0 Å². The van der Waals surface area contributed by atoms with Gasteiger partial charge in [-0.3, -0.25) is 9.59 Å². The Hall–Kier alpha value is -0.900. The molecule has 4 heteroatoms. The zero-order chi connectivity index (χ0) is 21.0. The molecular formula is C25H40O4. The predicted molar refractivity (Wildman–Crippen MR) is 112 cm³/mol. The third kappa shape index (κ3) is 3.38. The van der Waals surface area contributed by atoms with Crippen LogP contribution in [-0.2, 0) is 14.3 Å². The lowest BCUT2D eigenvalue weighted by atomic mass is 9.44. The Balaban J connectivity index is 1.54. The molecule has 0 aromatic carbocycles. The molecule has 0 bridgehead atoms. The summed E-state index contributed by atoms with van der Waals surface area (Å²) in [6.45, 7) is 7.03. The molecule has 4 saturated carbocycles. The SMILES string of the molecule is COC(=O)CC[C@@H](C)[C@H]1CC[C@@H]2[C@H]3CC[C@H]4C[C@@H](O)CC[C@]4(C)[C@@H]3C(=O)C[C@@]21C. The molecule has 4 nitrogen and oxygen atoms in total. The summed E-state index contributed by atoms with van der Waals surface area (Å²) in [7, 11) is 1.46. The average molecular weight is 405 g/mol. The number of aliphatic hydroxyl groups excluding tert-OH is 1. The average Bonchev–Trinajstić information content (AvgIpc) is 3.02. The number of aliphatic hydroxyl groups is 1. The van der Waals surface area contributed by atoms with Crippen LogP contribution < -0.4 is 0 Å². The van der Waals surface area contributed by atoms with Crippen molar-refractivity contribution in [2.75, 3.05) is 7.11 Å². The Kier molecular flexibility index (Phi) is 5.63. The molecule has 0 aromatic rings. The summed E-state index contributed by atoms with van der Waals surface area (Å²) >= 11 is 0. The molecular weight excluding hydrogens is 364 g/mol. The van der Waals surface area contributed by atoms with Gasteiger partial charge < -0.3 is 9.84 Å². The minimum Gasteiger partial charge on any atom is -0.469 e. The fourth-order valence-corrected chi connectivity index (χ4v) is 8.67. The van der Waals surface area contributed by atoms with Gasteiger partial charge in [-0.15, -0.1) is 0 Å². The molecule has 0 aromatic heterocycles. The summed E-state index contributed by atoms with van der Waals surface area (Å²) in [6, 6.07) is 0. The van der Waals surface area contributed by atoms with Crippen molar-refractivity contribution >= 4 is 11.8 Å². The van der Waals surface area contributed by atoms with Crippen LogP contribution in [0.25, 0.3) is 0 Å². The van der Waals surface area contributed by atoms with Gasteiger partial charge in [-0.25, -0.2) is 0 Å². The summed E-state index contributed by atoms with van der Waals surface area (Å²) < 4.78 is 4.84. The summed E-state index contributed by atoms with van der Waals surface area (Å²) in [5.74, 6) is 3.24. The number of methoxy groups -OCH3 is 1. The Morgan fingerprint density at radius 1 is 1.17 bits per heavy atom. The number of ether oxygens (including phenoxy) is 1. The zero-order valence-corrected chi connectivity index (χ0v) is 18.8.